The van der Waals surface area contributed by atoms with Gasteiger partial charge in [0.2, 0.25) is 0 Å². The summed E-state index contributed by atoms with van der Waals surface area (Å²) in [5.74, 6) is 0.589. The van der Waals surface area contributed by atoms with E-state index >= 15 is 0 Å². The van der Waals surface area contributed by atoms with Crippen LogP contribution in [-0.4, -0.2) is 11.6 Å². The molecule has 0 aromatic heterocycles. The van der Waals surface area contributed by atoms with Crippen molar-refractivity contribution >= 4 is 5.97 Å². The number of esters is 1. The molecule has 0 aliphatic heterocycles. The highest BCUT2D eigenvalue weighted by Crippen LogP contribution is 2.44. The molecule has 108 valence electrons. The van der Waals surface area contributed by atoms with Crippen LogP contribution in [0.2, 0.25) is 0 Å². The lowest BCUT2D eigenvalue weighted by molar-refractivity contribution is -0.155. The van der Waals surface area contributed by atoms with Gasteiger partial charge in [0.1, 0.15) is 5.60 Å². The third-order valence-electron chi connectivity index (χ3n) is 4.82. The molecule has 0 heterocycles. The standard InChI is InChI=1S/C17H28O2/c1-14(2)16(18)19-17-11-8-6-4-3-5-7-9-15(13-17)10-12-17/h15H,1,3-13H2,2H3. The molecule has 0 N–H and O–H groups in total. The first-order valence-electron chi connectivity index (χ1n) is 8.00. The molecule has 0 aromatic carbocycles. The van der Waals surface area contributed by atoms with Crippen LogP contribution in [0.25, 0.3) is 0 Å². The summed E-state index contributed by atoms with van der Waals surface area (Å²) in [5.41, 5.74) is 0.373. The van der Waals surface area contributed by atoms with Gasteiger partial charge in [-0.25, -0.2) is 4.79 Å². The van der Waals surface area contributed by atoms with Crippen molar-refractivity contribution in [2.45, 2.75) is 83.2 Å². The SMILES string of the molecule is C=C(C)C(=O)OC12CCCCCCCCC(CC1)C2. The molecule has 0 saturated heterocycles. The summed E-state index contributed by atoms with van der Waals surface area (Å²) in [5, 5.41) is 0. The molecule has 2 heteroatoms. The molecule has 2 fully saturated rings. The van der Waals surface area contributed by atoms with Gasteiger partial charge in [-0.3, -0.25) is 0 Å². The number of rotatable bonds is 2. The van der Waals surface area contributed by atoms with Crippen molar-refractivity contribution in [1.82, 2.24) is 0 Å². The second-order valence-corrected chi connectivity index (χ2v) is 6.62. The third-order valence-corrected chi connectivity index (χ3v) is 4.82. The monoisotopic (exact) mass is 264 g/mol. The summed E-state index contributed by atoms with van der Waals surface area (Å²) in [6.45, 7) is 5.46. The maximum atomic E-state index is 11.9. The molecule has 0 radical (unpaired) electrons. The molecule has 19 heavy (non-hydrogen) atoms. The molecule has 2 unspecified atom stereocenters. The largest absolute Gasteiger partial charge is 0.456 e. The Balaban J connectivity index is 2.01. The Morgan fingerprint density at radius 2 is 1.74 bits per heavy atom. The van der Waals surface area contributed by atoms with Crippen molar-refractivity contribution in [1.29, 1.82) is 0 Å². The van der Waals surface area contributed by atoms with Crippen molar-refractivity contribution < 1.29 is 9.53 Å². The van der Waals surface area contributed by atoms with Crippen molar-refractivity contribution in [3.63, 3.8) is 0 Å². The fraction of sp³-hybridized carbons (Fsp3) is 0.824. The average molecular weight is 264 g/mol. The molecule has 2 aliphatic carbocycles. The second kappa shape index (κ2) is 6.58. The molecule has 2 nitrogen and oxygen atoms in total. The van der Waals surface area contributed by atoms with Gasteiger partial charge in [-0.15, -0.1) is 0 Å². The van der Waals surface area contributed by atoms with Gasteiger partial charge in [0.25, 0.3) is 0 Å². The van der Waals surface area contributed by atoms with Crippen molar-refractivity contribution in [2.24, 2.45) is 5.92 Å². The Labute approximate surface area is 117 Å². The van der Waals surface area contributed by atoms with Crippen LogP contribution in [0.3, 0.4) is 0 Å². The van der Waals surface area contributed by atoms with Gasteiger partial charge >= 0.3 is 5.97 Å². The van der Waals surface area contributed by atoms with E-state index in [1.807, 2.05) is 0 Å². The number of carbonyl (C=O) groups is 1. The molecule has 2 atom stereocenters. The molecule has 2 saturated carbocycles. The summed E-state index contributed by atoms with van der Waals surface area (Å²) >= 11 is 0. The van der Waals surface area contributed by atoms with Gasteiger partial charge in [-0.2, -0.15) is 0 Å². The number of carbonyl (C=O) groups excluding carboxylic acids is 1. The Morgan fingerprint density at radius 1 is 1.05 bits per heavy atom. The van der Waals surface area contributed by atoms with Crippen LogP contribution in [0, 0.1) is 5.92 Å². The lowest BCUT2D eigenvalue weighted by Gasteiger charge is -2.30. The topological polar surface area (TPSA) is 26.3 Å². The van der Waals surface area contributed by atoms with Crippen LogP contribution in [0.5, 0.6) is 0 Å². The minimum absolute atomic E-state index is 0.162. The smallest absolute Gasteiger partial charge is 0.333 e. The summed E-state index contributed by atoms with van der Waals surface area (Å²) < 4.78 is 5.87. The van der Waals surface area contributed by atoms with E-state index in [4.69, 9.17) is 4.74 Å². The normalized spacial score (nSPS) is 32.4. The first kappa shape index (κ1) is 14.6. The zero-order chi connectivity index (χ0) is 13.7. The van der Waals surface area contributed by atoms with Crippen LogP contribution in [0.1, 0.15) is 77.6 Å². The first-order chi connectivity index (χ1) is 9.11. The highest BCUT2D eigenvalue weighted by atomic mass is 16.6. The van der Waals surface area contributed by atoms with Crippen molar-refractivity contribution in [3.8, 4) is 0 Å². The summed E-state index contributed by atoms with van der Waals surface area (Å²) in [7, 11) is 0. The average Bonchev–Trinajstić information content (AvgIpc) is 2.72. The van der Waals surface area contributed by atoms with E-state index in [-0.39, 0.29) is 11.6 Å². The Morgan fingerprint density at radius 3 is 2.47 bits per heavy atom. The number of hydrogen-bond acceptors (Lipinski definition) is 2. The third kappa shape index (κ3) is 4.09. The number of ether oxygens (including phenoxy) is 1. The zero-order valence-corrected chi connectivity index (χ0v) is 12.4. The fourth-order valence-corrected chi connectivity index (χ4v) is 3.69. The van der Waals surface area contributed by atoms with Gasteiger partial charge in [-0.05, 0) is 44.9 Å². The predicted molar refractivity (Wildman–Crippen MR) is 77.9 cm³/mol. The van der Waals surface area contributed by atoms with E-state index in [9.17, 15) is 4.79 Å². The van der Waals surface area contributed by atoms with Crippen LogP contribution in [0.15, 0.2) is 12.2 Å². The van der Waals surface area contributed by atoms with E-state index in [1.165, 1.54) is 51.4 Å². The highest BCUT2D eigenvalue weighted by Gasteiger charge is 2.41. The Hall–Kier alpha value is -0.790. The molecule has 2 bridgehead atoms. The van der Waals surface area contributed by atoms with E-state index in [1.54, 1.807) is 6.92 Å². The minimum Gasteiger partial charge on any atom is -0.456 e. The lowest BCUT2D eigenvalue weighted by atomic mass is 9.92. The van der Waals surface area contributed by atoms with Gasteiger partial charge in [-0.1, -0.05) is 45.1 Å². The molecule has 0 amide bonds. The highest BCUT2D eigenvalue weighted by molar-refractivity contribution is 5.87. The first-order valence-corrected chi connectivity index (χ1v) is 8.00. The minimum atomic E-state index is -0.185. The van der Waals surface area contributed by atoms with E-state index in [0.717, 1.165) is 25.2 Å². The lowest BCUT2D eigenvalue weighted by Crippen LogP contribution is -2.32. The van der Waals surface area contributed by atoms with Gasteiger partial charge < -0.3 is 4.74 Å². The Kier molecular flexibility index (Phi) is 5.06. The van der Waals surface area contributed by atoms with E-state index in [2.05, 4.69) is 6.58 Å². The predicted octanol–water partition coefficient (Wildman–Crippen LogP) is 4.78. The fourth-order valence-electron chi connectivity index (χ4n) is 3.69. The van der Waals surface area contributed by atoms with Gasteiger partial charge in [0, 0.05) is 5.57 Å². The molecule has 2 rings (SSSR count). The van der Waals surface area contributed by atoms with Gasteiger partial charge in [0.15, 0.2) is 0 Å². The number of fused-ring (bicyclic) bond motifs is 2. The van der Waals surface area contributed by atoms with Crippen LogP contribution in [0.4, 0.5) is 0 Å². The summed E-state index contributed by atoms with van der Waals surface area (Å²) in [4.78, 5) is 11.9. The molecule has 2 aliphatic rings. The summed E-state index contributed by atoms with van der Waals surface area (Å²) in [6.07, 6.45) is 13.7. The van der Waals surface area contributed by atoms with Crippen LogP contribution in [-0.2, 0) is 9.53 Å². The quantitative estimate of drug-likeness (QED) is 0.530. The van der Waals surface area contributed by atoms with Crippen molar-refractivity contribution in [2.75, 3.05) is 0 Å². The van der Waals surface area contributed by atoms with E-state index in [0.29, 0.717) is 5.57 Å². The second-order valence-electron chi connectivity index (χ2n) is 6.62. The molecular formula is C17H28O2. The molecular weight excluding hydrogens is 236 g/mol. The maximum Gasteiger partial charge on any atom is 0.333 e. The zero-order valence-electron chi connectivity index (χ0n) is 12.4. The Bertz CT molecular complexity index is 334. The molecule has 0 spiro atoms. The maximum absolute atomic E-state index is 11.9. The van der Waals surface area contributed by atoms with E-state index < -0.39 is 0 Å². The number of hydrogen-bond donors (Lipinski definition) is 0. The van der Waals surface area contributed by atoms with Gasteiger partial charge in [0.05, 0.1) is 0 Å². The summed E-state index contributed by atoms with van der Waals surface area (Å²) in [6, 6.07) is 0. The molecule has 0 aromatic rings. The van der Waals surface area contributed by atoms with Crippen LogP contribution < -0.4 is 0 Å². The van der Waals surface area contributed by atoms with Crippen molar-refractivity contribution in [3.05, 3.63) is 12.2 Å². The van der Waals surface area contributed by atoms with Crippen LogP contribution >= 0.6 is 0 Å².